The molecule has 1 heterocycles. The van der Waals surface area contributed by atoms with Gasteiger partial charge in [-0.3, -0.25) is 4.79 Å². The predicted molar refractivity (Wildman–Crippen MR) is 78.9 cm³/mol. The molecular weight excluding hydrogens is 290 g/mol. The Hall–Kier alpha value is -2.54. The van der Waals surface area contributed by atoms with Crippen LogP contribution in [0, 0.1) is 6.92 Å². The molecule has 1 aromatic carbocycles. The Morgan fingerprint density at radius 1 is 1.36 bits per heavy atom. The number of rotatable bonds is 4. The van der Waals surface area contributed by atoms with Crippen molar-refractivity contribution < 1.29 is 24.5 Å². The van der Waals surface area contributed by atoms with Gasteiger partial charge in [0.25, 0.3) is 0 Å². The summed E-state index contributed by atoms with van der Waals surface area (Å²) in [4.78, 5) is 23.8. The van der Waals surface area contributed by atoms with Crippen LogP contribution >= 0.6 is 0 Å². The van der Waals surface area contributed by atoms with Crippen molar-refractivity contribution in [3.05, 3.63) is 33.7 Å². The van der Waals surface area contributed by atoms with Crippen molar-refractivity contribution in [2.75, 3.05) is 6.54 Å². The van der Waals surface area contributed by atoms with Gasteiger partial charge < -0.3 is 25.1 Å². The first-order valence-corrected chi connectivity index (χ1v) is 6.72. The number of aliphatic hydroxyl groups is 1. The van der Waals surface area contributed by atoms with Gasteiger partial charge >= 0.3 is 5.63 Å². The van der Waals surface area contributed by atoms with Crippen LogP contribution in [0.25, 0.3) is 11.0 Å². The molecule has 0 aliphatic carbocycles. The first-order chi connectivity index (χ1) is 10.3. The first-order valence-electron chi connectivity index (χ1n) is 6.72. The number of phenols is 2. The van der Waals surface area contributed by atoms with Crippen molar-refractivity contribution in [3.63, 3.8) is 0 Å². The van der Waals surface area contributed by atoms with E-state index >= 15 is 0 Å². The van der Waals surface area contributed by atoms with Crippen LogP contribution in [-0.4, -0.2) is 33.9 Å². The minimum atomic E-state index is -0.706. The maximum atomic E-state index is 12.0. The fraction of sp³-hybridized carbons (Fsp3) is 0.333. The average Bonchev–Trinajstić information content (AvgIpc) is 2.40. The SMILES string of the molecule is Cc1c(CC(=O)NC[C@H](C)O)c(=O)oc2cc(O)cc(O)c12. The zero-order chi connectivity index (χ0) is 16.4. The highest BCUT2D eigenvalue weighted by Gasteiger charge is 2.17. The third-order valence-corrected chi connectivity index (χ3v) is 3.27. The van der Waals surface area contributed by atoms with Crippen molar-refractivity contribution in [3.8, 4) is 11.5 Å². The second-order valence-corrected chi connectivity index (χ2v) is 5.16. The maximum Gasteiger partial charge on any atom is 0.340 e. The Morgan fingerprint density at radius 3 is 2.68 bits per heavy atom. The molecule has 2 rings (SSSR count). The largest absolute Gasteiger partial charge is 0.508 e. The molecule has 0 spiro atoms. The van der Waals surface area contributed by atoms with Gasteiger partial charge in [-0.25, -0.2) is 4.79 Å². The minimum Gasteiger partial charge on any atom is -0.508 e. The van der Waals surface area contributed by atoms with Gasteiger partial charge in [0.1, 0.15) is 17.1 Å². The number of carbonyl (C=O) groups excluding carboxylic acids is 1. The third kappa shape index (κ3) is 3.20. The molecule has 0 saturated carbocycles. The number of aryl methyl sites for hydroxylation is 1. The van der Waals surface area contributed by atoms with E-state index in [2.05, 4.69) is 5.32 Å². The van der Waals surface area contributed by atoms with Crippen LogP contribution in [0.1, 0.15) is 18.1 Å². The van der Waals surface area contributed by atoms with E-state index in [-0.39, 0.29) is 41.0 Å². The van der Waals surface area contributed by atoms with E-state index in [0.717, 1.165) is 6.07 Å². The van der Waals surface area contributed by atoms with E-state index in [1.54, 1.807) is 6.92 Å². The van der Waals surface area contributed by atoms with Gasteiger partial charge in [0, 0.05) is 18.7 Å². The predicted octanol–water partition coefficient (Wildman–Crippen LogP) is 0.552. The fourth-order valence-electron chi connectivity index (χ4n) is 2.20. The molecule has 4 N–H and O–H groups in total. The molecule has 1 aromatic heterocycles. The lowest BCUT2D eigenvalue weighted by Crippen LogP contribution is -2.33. The Morgan fingerprint density at radius 2 is 2.05 bits per heavy atom. The molecule has 2 aromatic rings. The van der Waals surface area contributed by atoms with Crippen LogP contribution in [-0.2, 0) is 11.2 Å². The molecule has 0 fully saturated rings. The van der Waals surface area contributed by atoms with Crippen molar-refractivity contribution in [2.45, 2.75) is 26.4 Å². The molecular formula is C15H17NO6. The average molecular weight is 307 g/mol. The highest BCUT2D eigenvalue weighted by Crippen LogP contribution is 2.32. The fourth-order valence-corrected chi connectivity index (χ4v) is 2.20. The summed E-state index contributed by atoms with van der Waals surface area (Å²) in [6.07, 6.45) is -0.915. The van der Waals surface area contributed by atoms with Crippen LogP contribution in [0.15, 0.2) is 21.3 Å². The maximum absolute atomic E-state index is 12.0. The van der Waals surface area contributed by atoms with Gasteiger partial charge in [-0.2, -0.15) is 0 Å². The number of hydrogen-bond donors (Lipinski definition) is 4. The lowest BCUT2D eigenvalue weighted by atomic mass is 10.0. The van der Waals surface area contributed by atoms with Crippen LogP contribution < -0.4 is 10.9 Å². The number of aromatic hydroxyl groups is 2. The second-order valence-electron chi connectivity index (χ2n) is 5.16. The molecule has 7 nitrogen and oxygen atoms in total. The van der Waals surface area contributed by atoms with E-state index in [1.165, 1.54) is 13.0 Å². The van der Waals surface area contributed by atoms with Crippen molar-refractivity contribution >= 4 is 16.9 Å². The summed E-state index contributed by atoms with van der Waals surface area (Å²) in [5, 5.41) is 31.2. The van der Waals surface area contributed by atoms with E-state index in [4.69, 9.17) is 9.52 Å². The Kier molecular flexibility index (Phi) is 4.37. The minimum absolute atomic E-state index is 0.0492. The van der Waals surface area contributed by atoms with Crippen molar-refractivity contribution in [2.24, 2.45) is 0 Å². The summed E-state index contributed by atoms with van der Waals surface area (Å²) >= 11 is 0. The Labute approximate surface area is 125 Å². The van der Waals surface area contributed by atoms with Crippen molar-refractivity contribution in [1.29, 1.82) is 0 Å². The summed E-state index contributed by atoms with van der Waals surface area (Å²) in [6.45, 7) is 3.20. The third-order valence-electron chi connectivity index (χ3n) is 3.27. The highest BCUT2D eigenvalue weighted by molar-refractivity contribution is 5.89. The van der Waals surface area contributed by atoms with E-state index < -0.39 is 17.6 Å². The summed E-state index contributed by atoms with van der Waals surface area (Å²) < 4.78 is 5.06. The number of amides is 1. The molecule has 7 heteroatoms. The molecule has 1 atom stereocenters. The number of aliphatic hydroxyl groups excluding tert-OH is 1. The summed E-state index contributed by atoms with van der Waals surface area (Å²) in [5.74, 6) is -0.897. The molecule has 0 saturated heterocycles. The molecule has 118 valence electrons. The highest BCUT2D eigenvalue weighted by atomic mass is 16.4. The summed E-state index contributed by atoms with van der Waals surface area (Å²) in [6, 6.07) is 2.35. The quantitative estimate of drug-likeness (QED) is 0.612. The van der Waals surface area contributed by atoms with Gasteiger partial charge in [-0.15, -0.1) is 0 Å². The van der Waals surface area contributed by atoms with E-state index in [9.17, 15) is 19.8 Å². The number of carbonyl (C=O) groups is 1. The molecule has 0 bridgehead atoms. The number of phenolic OH excluding ortho intramolecular Hbond substituents is 2. The number of hydrogen-bond acceptors (Lipinski definition) is 6. The first kappa shape index (κ1) is 15.8. The molecule has 0 unspecified atom stereocenters. The van der Waals surface area contributed by atoms with Crippen LogP contribution in [0.2, 0.25) is 0 Å². The Balaban J connectivity index is 2.43. The van der Waals surface area contributed by atoms with E-state index in [0.29, 0.717) is 5.56 Å². The van der Waals surface area contributed by atoms with Gasteiger partial charge in [0.05, 0.1) is 23.5 Å². The van der Waals surface area contributed by atoms with Gasteiger partial charge in [-0.05, 0) is 19.4 Å². The molecule has 0 radical (unpaired) electrons. The normalized spacial score (nSPS) is 12.3. The Bertz CT molecular complexity index is 778. The smallest absolute Gasteiger partial charge is 0.340 e. The molecule has 0 aliphatic heterocycles. The van der Waals surface area contributed by atoms with Gasteiger partial charge in [0.15, 0.2) is 0 Å². The molecule has 1 amide bonds. The lowest BCUT2D eigenvalue weighted by molar-refractivity contribution is -0.120. The topological polar surface area (TPSA) is 120 Å². The van der Waals surface area contributed by atoms with Gasteiger partial charge in [-0.1, -0.05) is 0 Å². The number of fused-ring (bicyclic) bond motifs is 1. The summed E-state index contributed by atoms with van der Waals surface area (Å²) in [7, 11) is 0. The standard InChI is InChI=1S/C15H17NO6/c1-7(17)6-16-13(20)5-10-8(2)14-11(19)3-9(18)4-12(14)22-15(10)21/h3-4,7,17-19H,5-6H2,1-2H3,(H,16,20)/t7-/m0/s1. The van der Waals surface area contributed by atoms with Crippen LogP contribution in [0.5, 0.6) is 11.5 Å². The van der Waals surface area contributed by atoms with Crippen LogP contribution in [0.3, 0.4) is 0 Å². The second kappa shape index (κ2) is 6.07. The van der Waals surface area contributed by atoms with E-state index in [1.807, 2.05) is 0 Å². The van der Waals surface area contributed by atoms with Gasteiger partial charge in [0.2, 0.25) is 5.91 Å². The van der Waals surface area contributed by atoms with Crippen LogP contribution in [0.4, 0.5) is 0 Å². The summed E-state index contributed by atoms with van der Waals surface area (Å²) in [5.41, 5.74) is -0.122. The zero-order valence-electron chi connectivity index (χ0n) is 12.2. The number of nitrogens with one attached hydrogen (secondary N) is 1. The number of benzene rings is 1. The monoisotopic (exact) mass is 307 g/mol. The molecule has 22 heavy (non-hydrogen) atoms. The lowest BCUT2D eigenvalue weighted by Gasteiger charge is -2.10. The molecule has 0 aliphatic rings. The zero-order valence-corrected chi connectivity index (χ0v) is 12.2. The van der Waals surface area contributed by atoms with Crippen molar-refractivity contribution in [1.82, 2.24) is 5.32 Å².